The molecule has 0 fully saturated rings. The van der Waals surface area contributed by atoms with Crippen LogP contribution in [0.15, 0.2) is 36.4 Å². The molecule has 2 aromatic rings. The van der Waals surface area contributed by atoms with Gasteiger partial charge in [-0.05, 0) is 18.2 Å². The summed E-state index contributed by atoms with van der Waals surface area (Å²) < 4.78 is 26.1. The quantitative estimate of drug-likeness (QED) is 0.848. The van der Waals surface area contributed by atoms with Gasteiger partial charge in [0.25, 0.3) is 0 Å². The molecule has 0 aliphatic heterocycles. The molecule has 0 atom stereocenters. The zero-order valence-electron chi connectivity index (χ0n) is 9.18. The summed E-state index contributed by atoms with van der Waals surface area (Å²) in [5, 5.41) is 3.83. The highest BCUT2D eigenvalue weighted by Crippen LogP contribution is 2.30. The molecule has 94 valence electrons. The van der Waals surface area contributed by atoms with Crippen molar-refractivity contribution >= 4 is 28.9 Å². The molecule has 0 saturated heterocycles. The number of hydrogen-bond donors (Lipinski definition) is 1. The van der Waals surface area contributed by atoms with Gasteiger partial charge >= 0.3 is 0 Å². The van der Waals surface area contributed by atoms with Gasteiger partial charge in [0.05, 0.1) is 15.7 Å². The van der Waals surface area contributed by atoms with Gasteiger partial charge in [-0.25, -0.2) is 8.78 Å². The van der Waals surface area contributed by atoms with Crippen LogP contribution in [-0.4, -0.2) is 0 Å². The van der Waals surface area contributed by atoms with Crippen molar-refractivity contribution in [2.75, 3.05) is 5.32 Å². The molecule has 0 spiro atoms. The van der Waals surface area contributed by atoms with Crippen molar-refractivity contribution in [3.8, 4) is 0 Å². The fourth-order valence-corrected chi connectivity index (χ4v) is 2.05. The lowest BCUT2D eigenvalue weighted by molar-refractivity contribution is 0.574. The van der Waals surface area contributed by atoms with Gasteiger partial charge in [-0.15, -0.1) is 0 Å². The molecule has 2 aromatic carbocycles. The van der Waals surface area contributed by atoms with Gasteiger partial charge in [-0.3, -0.25) is 0 Å². The largest absolute Gasteiger partial charge is 0.378 e. The monoisotopic (exact) mass is 287 g/mol. The average Bonchev–Trinajstić information content (AvgIpc) is 2.31. The van der Waals surface area contributed by atoms with Gasteiger partial charge in [0.1, 0.15) is 11.6 Å². The molecular weight excluding hydrogens is 279 g/mol. The second-order valence-electron chi connectivity index (χ2n) is 3.69. The van der Waals surface area contributed by atoms with Crippen molar-refractivity contribution in [1.29, 1.82) is 0 Å². The molecule has 5 heteroatoms. The third kappa shape index (κ3) is 2.92. The number of rotatable bonds is 3. The van der Waals surface area contributed by atoms with Crippen molar-refractivity contribution in [3.63, 3.8) is 0 Å². The van der Waals surface area contributed by atoms with E-state index in [4.69, 9.17) is 23.2 Å². The van der Waals surface area contributed by atoms with E-state index in [0.717, 1.165) is 6.07 Å². The number of anilines is 1. The summed E-state index contributed by atoms with van der Waals surface area (Å²) in [6.07, 6.45) is 0. The zero-order chi connectivity index (χ0) is 13.1. The van der Waals surface area contributed by atoms with Crippen molar-refractivity contribution in [2.45, 2.75) is 6.54 Å². The van der Waals surface area contributed by atoms with Crippen LogP contribution in [0.5, 0.6) is 0 Å². The van der Waals surface area contributed by atoms with Crippen LogP contribution in [-0.2, 0) is 6.54 Å². The number of hydrogen-bond acceptors (Lipinski definition) is 1. The Hall–Kier alpha value is -1.32. The van der Waals surface area contributed by atoms with Crippen LogP contribution in [0, 0.1) is 11.6 Å². The standard InChI is InChI=1S/C13H9Cl2F2N/c14-10-2-1-3-11(15)13(10)18-7-8-4-5-9(16)6-12(8)17/h1-6,18H,7H2. The smallest absolute Gasteiger partial charge is 0.131 e. The summed E-state index contributed by atoms with van der Waals surface area (Å²) in [6.45, 7) is 0.176. The summed E-state index contributed by atoms with van der Waals surface area (Å²) in [5.74, 6) is -1.21. The summed E-state index contributed by atoms with van der Waals surface area (Å²) in [5.41, 5.74) is 0.872. The summed E-state index contributed by atoms with van der Waals surface area (Å²) in [7, 11) is 0. The van der Waals surface area contributed by atoms with E-state index >= 15 is 0 Å². The van der Waals surface area contributed by atoms with E-state index in [9.17, 15) is 8.78 Å². The first-order valence-electron chi connectivity index (χ1n) is 5.20. The fourth-order valence-electron chi connectivity index (χ4n) is 1.52. The minimum absolute atomic E-state index is 0.176. The highest BCUT2D eigenvalue weighted by atomic mass is 35.5. The van der Waals surface area contributed by atoms with Gasteiger partial charge in [0.2, 0.25) is 0 Å². The number of para-hydroxylation sites is 1. The van der Waals surface area contributed by atoms with Crippen LogP contribution >= 0.6 is 23.2 Å². The molecule has 0 unspecified atom stereocenters. The second-order valence-corrected chi connectivity index (χ2v) is 4.50. The maximum absolute atomic E-state index is 13.4. The first kappa shape index (κ1) is 13.1. The number of nitrogens with one attached hydrogen (secondary N) is 1. The van der Waals surface area contributed by atoms with E-state index in [1.54, 1.807) is 18.2 Å². The predicted molar refractivity (Wildman–Crippen MR) is 70.1 cm³/mol. The number of halogens is 4. The molecular formula is C13H9Cl2F2N. The van der Waals surface area contributed by atoms with Gasteiger partial charge in [0, 0.05) is 18.2 Å². The molecule has 0 saturated carbocycles. The SMILES string of the molecule is Fc1ccc(CNc2c(Cl)cccc2Cl)c(F)c1. The Balaban J connectivity index is 2.16. The highest BCUT2D eigenvalue weighted by molar-refractivity contribution is 6.39. The zero-order valence-corrected chi connectivity index (χ0v) is 10.7. The Bertz CT molecular complexity index is 553. The van der Waals surface area contributed by atoms with Crippen LogP contribution in [0.25, 0.3) is 0 Å². The average molecular weight is 288 g/mol. The minimum Gasteiger partial charge on any atom is -0.378 e. The lowest BCUT2D eigenvalue weighted by Gasteiger charge is -2.10. The highest BCUT2D eigenvalue weighted by Gasteiger charge is 2.07. The summed E-state index contributed by atoms with van der Waals surface area (Å²) in [4.78, 5) is 0. The first-order chi connectivity index (χ1) is 8.58. The molecule has 0 aliphatic rings. The van der Waals surface area contributed by atoms with Crippen molar-refractivity contribution in [1.82, 2.24) is 0 Å². The van der Waals surface area contributed by atoms with E-state index in [2.05, 4.69) is 5.32 Å². The Labute approximate surface area is 113 Å². The number of benzene rings is 2. The molecule has 0 heterocycles. The molecule has 0 bridgehead atoms. The van der Waals surface area contributed by atoms with E-state index in [1.165, 1.54) is 12.1 Å². The Morgan fingerprint density at radius 3 is 2.28 bits per heavy atom. The van der Waals surface area contributed by atoms with E-state index in [0.29, 0.717) is 21.3 Å². The van der Waals surface area contributed by atoms with Crippen molar-refractivity contribution in [2.24, 2.45) is 0 Å². The minimum atomic E-state index is -0.606. The van der Waals surface area contributed by atoms with Crippen molar-refractivity contribution in [3.05, 3.63) is 63.6 Å². The van der Waals surface area contributed by atoms with Gasteiger partial charge in [-0.2, -0.15) is 0 Å². The molecule has 1 nitrogen and oxygen atoms in total. The molecule has 2 rings (SSSR count). The maximum Gasteiger partial charge on any atom is 0.131 e. The lowest BCUT2D eigenvalue weighted by Crippen LogP contribution is -2.03. The molecule has 0 aliphatic carbocycles. The third-order valence-corrected chi connectivity index (χ3v) is 3.06. The van der Waals surface area contributed by atoms with Gasteiger partial charge < -0.3 is 5.32 Å². The fraction of sp³-hybridized carbons (Fsp3) is 0.0769. The van der Waals surface area contributed by atoms with E-state index < -0.39 is 11.6 Å². The van der Waals surface area contributed by atoms with Crippen LogP contribution in [0.3, 0.4) is 0 Å². The molecule has 0 amide bonds. The molecule has 0 aromatic heterocycles. The van der Waals surface area contributed by atoms with Crippen LogP contribution in [0.1, 0.15) is 5.56 Å². The Morgan fingerprint density at radius 1 is 1.00 bits per heavy atom. The molecule has 0 radical (unpaired) electrons. The van der Waals surface area contributed by atoms with Gasteiger partial charge in [0.15, 0.2) is 0 Å². The lowest BCUT2D eigenvalue weighted by atomic mass is 10.2. The second kappa shape index (κ2) is 5.55. The molecule has 18 heavy (non-hydrogen) atoms. The Kier molecular flexibility index (Phi) is 4.04. The third-order valence-electron chi connectivity index (χ3n) is 2.43. The first-order valence-corrected chi connectivity index (χ1v) is 5.95. The van der Waals surface area contributed by atoms with Crippen molar-refractivity contribution < 1.29 is 8.78 Å². The summed E-state index contributed by atoms with van der Waals surface area (Å²) >= 11 is 11.9. The molecule has 1 N–H and O–H groups in total. The van der Waals surface area contributed by atoms with E-state index in [-0.39, 0.29) is 6.54 Å². The summed E-state index contributed by atoms with van der Waals surface area (Å²) in [6, 6.07) is 8.49. The Morgan fingerprint density at radius 2 is 1.67 bits per heavy atom. The van der Waals surface area contributed by atoms with Gasteiger partial charge in [-0.1, -0.05) is 35.3 Å². The maximum atomic E-state index is 13.4. The normalized spacial score (nSPS) is 10.4. The van der Waals surface area contributed by atoms with Crippen LogP contribution in [0.2, 0.25) is 10.0 Å². The van der Waals surface area contributed by atoms with Crippen LogP contribution in [0.4, 0.5) is 14.5 Å². The predicted octanol–water partition coefficient (Wildman–Crippen LogP) is 4.88. The topological polar surface area (TPSA) is 12.0 Å². The van der Waals surface area contributed by atoms with Crippen LogP contribution < -0.4 is 5.32 Å². The van der Waals surface area contributed by atoms with E-state index in [1.807, 2.05) is 0 Å².